The average Bonchev–Trinajstić information content (AvgIpc) is 2.80. The molecule has 0 aliphatic rings. The Balaban J connectivity index is 2.11. The average molecular weight is 280 g/mol. The molecule has 104 valence electrons. The van der Waals surface area contributed by atoms with E-state index in [1.807, 2.05) is 0 Å². The van der Waals surface area contributed by atoms with E-state index in [1.165, 1.54) is 19.1 Å². The fourth-order valence-corrected chi connectivity index (χ4v) is 1.48. The van der Waals surface area contributed by atoms with Gasteiger partial charge >= 0.3 is 0 Å². The molecule has 2 aromatic rings. The van der Waals surface area contributed by atoms with Gasteiger partial charge in [-0.2, -0.15) is 0 Å². The van der Waals surface area contributed by atoms with Crippen LogP contribution in [-0.4, -0.2) is 11.8 Å². The van der Waals surface area contributed by atoms with Crippen molar-refractivity contribution in [1.29, 1.82) is 0 Å². The first kappa shape index (κ1) is 13.7. The van der Waals surface area contributed by atoms with Crippen molar-refractivity contribution < 1.29 is 22.8 Å². The van der Waals surface area contributed by atoms with Crippen LogP contribution >= 0.6 is 0 Å². The molecule has 20 heavy (non-hydrogen) atoms. The van der Waals surface area contributed by atoms with Crippen LogP contribution in [0.2, 0.25) is 0 Å². The van der Waals surface area contributed by atoms with Gasteiger partial charge in [0, 0.05) is 19.1 Å². The Morgan fingerprint density at radius 3 is 2.50 bits per heavy atom. The lowest BCUT2D eigenvalue weighted by Gasteiger charge is -2.04. The van der Waals surface area contributed by atoms with E-state index in [9.17, 15) is 18.4 Å². The van der Waals surface area contributed by atoms with Crippen LogP contribution in [0, 0.1) is 11.6 Å². The highest BCUT2D eigenvalue weighted by atomic mass is 19.1. The molecule has 0 saturated heterocycles. The van der Waals surface area contributed by atoms with Gasteiger partial charge in [0.1, 0.15) is 11.6 Å². The van der Waals surface area contributed by atoms with Crippen LogP contribution < -0.4 is 10.6 Å². The number of hydrogen-bond acceptors (Lipinski definition) is 3. The Hall–Kier alpha value is -2.70. The van der Waals surface area contributed by atoms with Crippen LogP contribution in [0.15, 0.2) is 34.7 Å². The Morgan fingerprint density at radius 1 is 1.10 bits per heavy atom. The van der Waals surface area contributed by atoms with E-state index in [0.29, 0.717) is 6.07 Å². The van der Waals surface area contributed by atoms with Crippen LogP contribution in [-0.2, 0) is 4.79 Å². The maximum Gasteiger partial charge on any atom is 0.291 e. The number of carbonyl (C=O) groups excluding carboxylic acids is 2. The lowest BCUT2D eigenvalue weighted by atomic mass is 10.3. The van der Waals surface area contributed by atoms with Gasteiger partial charge in [0.05, 0.1) is 5.69 Å². The monoisotopic (exact) mass is 280 g/mol. The van der Waals surface area contributed by atoms with Gasteiger partial charge in [0.15, 0.2) is 11.6 Å². The minimum atomic E-state index is -0.896. The van der Waals surface area contributed by atoms with Gasteiger partial charge in [-0.3, -0.25) is 14.9 Å². The zero-order valence-corrected chi connectivity index (χ0v) is 10.4. The molecule has 0 aliphatic heterocycles. The Morgan fingerprint density at radius 2 is 1.85 bits per heavy atom. The standard InChI is InChI=1S/C13H10F2N2O3/c1-7(18)16-12-5-4-11(20-12)13(19)17-10-3-2-8(14)6-9(10)15/h2-6H,1H3,(H,16,18)(H,17,19). The normalized spacial score (nSPS) is 10.2. The fourth-order valence-electron chi connectivity index (χ4n) is 1.48. The molecule has 7 heteroatoms. The number of amides is 2. The molecule has 1 heterocycles. The van der Waals surface area contributed by atoms with E-state index >= 15 is 0 Å². The Kier molecular flexibility index (Phi) is 3.79. The van der Waals surface area contributed by atoms with Crippen molar-refractivity contribution in [3.05, 3.63) is 47.7 Å². The zero-order valence-electron chi connectivity index (χ0n) is 10.4. The van der Waals surface area contributed by atoms with Crippen molar-refractivity contribution in [3.63, 3.8) is 0 Å². The van der Waals surface area contributed by atoms with Crippen molar-refractivity contribution in [2.75, 3.05) is 10.6 Å². The fraction of sp³-hybridized carbons (Fsp3) is 0.0769. The number of carbonyl (C=O) groups is 2. The predicted molar refractivity (Wildman–Crippen MR) is 67.3 cm³/mol. The quantitative estimate of drug-likeness (QED) is 0.908. The second-order valence-electron chi connectivity index (χ2n) is 3.92. The molecule has 5 nitrogen and oxygen atoms in total. The summed E-state index contributed by atoms with van der Waals surface area (Å²) in [6, 6.07) is 5.48. The first-order valence-electron chi connectivity index (χ1n) is 5.59. The zero-order chi connectivity index (χ0) is 14.7. The first-order valence-corrected chi connectivity index (χ1v) is 5.59. The molecule has 1 aromatic heterocycles. The molecule has 0 unspecified atom stereocenters. The minimum Gasteiger partial charge on any atom is -0.435 e. The maximum atomic E-state index is 13.4. The number of hydrogen-bond donors (Lipinski definition) is 2. The van der Waals surface area contributed by atoms with Gasteiger partial charge in [-0.05, 0) is 18.2 Å². The van der Waals surface area contributed by atoms with E-state index in [-0.39, 0.29) is 23.2 Å². The highest BCUT2D eigenvalue weighted by molar-refractivity contribution is 6.02. The maximum absolute atomic E-state index is 13.4. The molecular formula is C13H10F2N2O3. The van der Waals surface area contributed by atoms with Gasteiger partial charge in [0.2, 0.25) is 5.91 Å². The third kappa shape index (κ3) is 3.19. The molecule has 0 saturated carbocycles. The topological polar surface area (TPSA) is 71.3 Å². The van der Waals surface area contributed by atoms with Gasteiger partial charge in [-0.1, -0.05) is 0 Å². The summed E-state index contributed by atoms with van der Waals surface area (Å²) in [5.74, 6) is -2.72. The number of furan rings is 1. The summed E-state index contributed by atoms with van der Waals surface area (Å²) in [6.45, 7) is 1.29. The molecule has 2 amide bonds. The Labute approximate surface area is 112 Å². The molecule has 0 aliphatic carbocycles. The van der Waals surface area contributed by atoms with Crippen LogP contribution in [0.1, 0.15) is 17.5 Å². The van der Waals surface area contributed by atoms with Crippen LogP contribution in [0.4, 0.5) is 20.4 Å². The van der Waals surface area contributed by atoms with E-state index in [0.717, 1.165) is 12.1 Å². The third-order valence-electron chi connectivity index (χ3n) is 2.31. The summed E-state index contributed by atoms with van der Waals surface area (Å²) in [7, 11) is 0. The molecule has 0 radical (unpaired) electrons. The highest BCUT2D eigenvalue weighted by Crippen LogP contribution is 2.18. The van der Waals surface area contributed by atoms with Crippen molar-refractivity contribution in [2.45, 2.75) is 6.92 Å². The van der Waals surface area contributed by atoms with Crippen molar-refractivity contribution in [3.8, 4) is 0 Å². The van der Waals surface area contributed by atoms with E-state index in [4.69, 9.17) is 4.42 Å². The molecule has 1 aromatic carbocycles. The van der Waals surface area contributed by atoms with Crippen LogP contribution in [0.3, 0.4) is 0 Å². The SMILES string of the molecule is CC(=O)Nc1ccc(C(=O)Nc2ccc(F)cc2F)o1. The summed E-state index contributed by atoms with van der Waals surface area (Å²) in [5.41, 5.74) is -0.172. The Bertz CT molecular complexity index is 667. The first-order chi connectivity index (χ1) is 9.45. The summed E-state index contributed by atoms with van der Waals surface area (Å²) in [6.07, 6.45) is 0. The molecule has 0 bridgehead atoms. The number of nitrogens with one attached hydrogen (secondary N) is 2. The molecule has 2 N–H and O–H groups in total. The lowest BCUT2D eigenvalue weighted by molar-refractivity contribution is -0.114. The summed E-state index contributed by atoms with van der Waals surface area (Å²) in [4.78, 5) is 22.6. The van der Waals surface area contributed by atoms with Crippen molar-refractivity contribution in [1.82, 2.24) is 0 Å². The van der Waals surface area contributed by atoms with Gasteiger partial charge in [-0.25, -0.2) is 8.78 Å². The molecule has 0 fully saturated rings. The van der Waals surface area contributed by atoms with Gasteiger partial charge in [0.25, 0.3) is 5.91 Å². The lowest BCUT2D eigenvalue weighted by Crippen LogP contribution is -2.12. The number of benzene rings is 1. The van der Waals surface area contributed by atoms with Gasteiger partial charge < -0.3 is 9.73 Å². The summed E-state index contributed by atoms with van der Waals surface area (Å²) in [5, 5.41) is 4.59. The minimum absolute atomic E-state index is 0.0993. The highest BCUT2D eigenvalue weighted by Gasteiger charge is 2.14. The smallest absolute Gasteiger partial charge is 0.291 e. The number of anilines is 2. The van der Waals surface area contributed by atoms with Crippen molar-refractivity contribution >= 4 is 23.4 Å². The summed E-state index contributed by atoms with van der Waals surface area (Å²) < 4.78 is 31.1. The molecule has 0 atom stereocenters. The largest absolute Gasteiger partial charge is 0.435 e. The summed E-state index contributed by atoms with van der Waals surface area (Å²) >= 11 is 0. The molecule has 0 spiro atoms. The van der Waals surface area contributed by atoms with Gasteiger partial charge in [-0.15, -0.1) is 0 Å². The van der Waals surface area contributed by atoms with E-state index in [2.05, 4.69) is 10.6 Å². The van der Waals surface area contributed by atoms with E-state index in [1.54, 1.807) is 0 Å². The van der Waals surface area contributed by atoms with Crippen LogP contribution in [0.25, 0.3) is 0 Å². The molecule has 2 rings (SSSR count). The van der Waals surface area contributed by atoms with Crippen LogP contribution in [0.5, 0.6) is 0 Å². The molecular weight excluding hydrogens is 270 g/mol. The number of halogens is 2. The van der Waals surface area contributed by atoms with Crippen molar-refractivity contribution in [2.24, 2.45) is 0 Å². The second kappa shape index (κ2) is 5.52. The van der Waals surface area contributed by atoms with E-state index < -0.39 is 17.5 Å². The third-order valence-corrected chi connectivity index (χ3v) is 2.31. The number of rotatable bonds is 3. The second-order valence-corrected chi connectivity index (χ2v) is 3.92. The predicted octanol–water partition coefficient (Wildman–Crippen LogP) is 2.77.